The zero-order chi connectivity index (χ0) is 29.7. The molecule has 0 saturated heterocycles. The van der Waals surface area contributed by atoms with Crippen LogP contribution < -0.4 is 5.11 Å². The minimum atomic E-state index is -1.07. The van der Waals surface area contributed by atoms with Gasteiger partial charge in [-0.15, -0.1) is 0 Å². The number of quaternary nitrogens is 1. The first-order valence-corrected chi connectivity index (χ1v) is 16.8. The lowest BCUT2D eigenvalue weighted by molar-refractivity contribution is -0.929. The molecular weight excluding hydrogens is 506 g/mol. The van der Waals surface area contributed by atoms with Gasteiger partial charge in [-0.05, 0) is 19.3 Å². The highest BCUT2D eigenvalue weighted by atomic mass is 16.4. The van der Waals surface area contributed by atoms with Crippen molar-refractivity contribution >= 4 is 17.9 Å². The molecule has 7 nitrogen and oxygen atoms in total. The second kappa shape index (κ2) is 27.5. The third-order valence-corrected chi connectivity index (χ3v) is 8.30. The Kier molecular flexibility index (Phi) is 26.4. The van der Waals surface area contributed by atoms with Crippen LogP contribution >= 0.6 is 0 Å². The lowest BCUT2D eigenvalue weighted by Crippen LogP contribution is -2.51. The van der Waals surface area contributed by atoms with Crippen LogP contribution in [0.1, 0.15) is 167 Å². The molecule has 0 aliphatic rings. The van der Waals surface area contributed by atoms with E-state index in [2.05, 4.69) is 6.92 Å². The first-order valence-electron chi connectivity index (χ1n) is 16.8. The van der Waals surface area contributed by atoms with Gasteiger partial charge in [0, 0.05) is 25.2 Å². The van der Waals surface area contributed by atoms with Crippen molar-refractivity contribution in [2.45, 2.75) is 167 Å². The van der Waals surface area contributed by atoms with E-state index in [4.69, 9.17) is 10.2 Å². The summed E-state index contributed by atoms with van der Waals surface area (Å²) in [5.41, 5.74) is 0. The summed E-state index contributed by atoms with van der Waals surface area (Å²) in [5.74, 6) is -2.73. The Morgan fingerprint density at radius 1 is 0.450 bits per heavy atom. The molecule has 0 amide bonds. The third kappa shape index (κ3) is 26.6. The van der Waals surface area contributed by atoms with E-state index >= 15 is 0 Å². The fourth-order valence-corrected chi connectivity index (χ4v) is 5.89. The van der Waals surface area contributed by atoms with Gasteiger partial charge in [-0.2, -0.15) is 0 Å². The molecule has 7 heteroatoms. The van der Waals surface area contributed by atoms with E-state index in [9.17, 15) is 19.5 Å². The summed E-state index contributed by atoms with van der Waals surface area (Å²) in [6.45, 7) is 5.06. The maximum Gasteiger partial charge on any atom is 0.303 e. The zero-order valence-electron chi connectivity index (χ0n) is 26.0. The average molecular weight is 570 g/mol. The summed E-state index contributed by atoms with van der Waals surface area (Å²) in [6.07, 6.45) is 26.8. The number of hydrogen-bond acceptors (Lipinski definition) is 4. The number of rotatable bonds is 32. The molecule has 2 N–H and O–H groups in total. The Balaban J connectivity index is 4.07. The maximum atomic E-state index is 11.1. The monoisotopic (exact) mass is 569 g/mol. The summed E-state index contributed by atoms with van der Waals surface area (Å²) >= 11 is 0. The molecular formula is C33H63NO6. The van der Waals surface area contributed by atoms with Crippen molar-refractivity contribution in [3.8, 4) is 0 Å². The van der Waals surface area contributed by atoms with E-state index in [0.717, 1.165) is 19.4 Å². The molecule has 0 saturated carbocycles. The molecule has 0 unspecified atom stereocenters. The van der Waals surface area contributed by atoms with Crippen LogP contribution in [0.15, 0.2) is 0 Å². The lowest BCUT2D eigenvalue weighted by atomic mass is 10.0. The molecule has 0 heterocycles. The van der Waals surface area contributed by atoms with Crippen molar-refractivity contribution in [3.63, 3.8) is 0 Å². The van der Waals surface area contributed by atoms with E-state index in [0.29, 0.717) is 43.4 Å². The van der Waals surface area contributed by atoms with Crippen molar-refractivity contribution < 1.29 is 34.2 Å². The van der Waals surface area contributed by atoms with E-state index in [1.54, 1.807) is 0 Å². The first-order chi connectivity index (χ1) is 19.3. The van der Waals surface area contributed by atoms with Gasteiger partial charge >= 0.3 is 11.9 Å². The normalized spacial score (nSPS) is 11.6. The van der Waals surface area contributed by atoms with Gasteiger partial charge in [-0.3, -0.25) is 9.59 Å². The smallest absolute Gasteiger partial charge is 0.303 e. The van der Waals surface area contributed by atoms with Gasteiger partial charge in [0.2, 0.25) is 0 Å². The van der Waals surface area contributed by atoms with E-state index < -0.39 is 17.9 Å². The maximum absolute atomic E-state index is 11.1. The highest BCUT2D eigenvalue weighted by Crippen LogP contribution is 2.19. The summed E-state index contributed by atoms with van der Waals surface area (Å²) < 4.78 is 0.618. The average Bonchev–Trinajstić information content (AvgIpc) is 2.89. The minimum Gasteiger partial charge on any atom is -0.550 e. The molecule has 0 radical (unpaired) electrons. The molecule has 0 aromatic rings. The van der Waals surface area contributed by atoms with Crippen molar-refractivity contribution in [3.05, 3.63) is 0 Å². The van der Waals surface area contributed by atoms with Crippen LogP contribution in [0, 0.1) is 0 Å². The predicted molar refractivity (Wildman–Crippen MR) is 161 cm³/mol. The molecule has 0 aliphatic carbocycles. The van der Waals surface area contributed by atoms with Gasteiger partial charge in [0.05, 0.1) is 39.0 Å². The second-order valence-corrected chi connectivity index (χ2v) is 12.1. The highest BCUT2D eigenvalue weighted by molar-refractivity contribution is 5.66. The number of hydrogen-bond donors (Lipinski definition) is 2. The number of carbonyl (C=O) groups is 3. The van der Waals surface area contributed by atoms with Crippen LogP contribution in [0.3, 0.4) is 0 Å². The van der Waals surface area contributed by atoms with E-state index in [1.807, 2.05) is 0 Å². The molecule has 0 rings (SSSR count). The Morgan fingerprint density at radius 3 is 1.02 bits per heavy atom. The molecule has 0 fully saturated rings. The fraction of sp³-hybridized carbons (Fsp3) is 0.909. The SMILES string of the molecule is CCCCCCCCCCCCCCCCCCCCC[N+](CCCC(=O)[O-])(CCCC(=O)O)CCCC(=O)O. The van der Waals surface area contributed by atoms with Crippen LogP contribution in [0.5, 0.6) is 0 Å². The zero-order valence-corrected chi connectivity index (χ0v) is 26.0. The minimum absolute atomic E-state index is 0.0168. The van der Waals surface area contributed by atoms with E-state index in [-0.39, 0.29) is 19.3 Å². The van der Waals surface area contributed by atoms with Gasteiger partial charge in [0.25, 0.3) is 0 Å². The molecule has 0 spiro atoms. The molecule has 0 aliphatic heterocycles. The number of carboxylic acids is 3. The first kappa shape index (κ1) is 38.4. The van der Waals surface area contributed by atoms with Crippen molar-refractivity contribution in [2.75, 3.05) is 26.2 Å². The molecule has 0 atom stereocenters. The fourth-order valence-electron chi connectivity index (χ4n) is 5.89. The Bertz CT molecular complexity index is 574. The summed E-state index contributed by atoms with van der Waals surface area (Å²) in [5, 5.41) is 29.1. The van der Waals surface area contributed by atoms with Crippen LogP contribution in [-0.2, 0) is 14.4 Å². The van der Waals surface area contributed by atoms with Crippen LogP contribution in [0.25, 0.3) is 0 Å². The number of nitrogens with zero attached hydrogens (tertiary/aromatic N) is 1. The van der Waals surface area contributed by atoms with Crippen molar-refractivity contribution in [2.24, 2.45) is 0 Å². The number of aliphatic carboxylic acids is 3. The predicted octanol–water partition coefficient (Wildman–Crippen LogP) is 7.49. The topological polar surface area (TPSA) is 115 Å². The summed E-state index contributed by atoms with van der Waals surface area (Å²) in [4.78, 5) is 33.1. The quantitative estimate of drug-likeness (QED) is 0.0640. The van der Waals surface area contributed by atoms with Gasteiger partial charge in [-0.25, -0.2) is 0 Å². The second-order valence-electron chi connectivity index (χ2n) is 12.1. The molecule has 0 aromatic heterocycles. The van der Waals surface area contributed by atoms with Crippen LogP contribution in [0.4, 0.5) is 0 Å². The molecule has 40 heavy (non-hydrogen) atoms. The largest absolute Gasteiger partial charge is 0.550 e. The standard InChI is InChI=1S/C33H63NO6/c1-2-3-4-5-6-7-8-9-10-11-12-13-14-15-16-17-18-19-20-27-34(28-21-24-31(35)36,29-22-25-32(37)38)30-23-26-33(39)40/h2-30H2,1H3,(H2-,35,36,37,38,39,40). The Morgan fingerprint density at radius 2 is 0.725 bits per heavy atom. The lowest BCUT2D eigenvalue weighted by Gasteiger charge is -2.39. The van der Waals surface area contributed by atoms with E-state index in [1.165, 1.54) is 109 Å². The van der Waals surface area contributed by atoms with Gasteiger partial charge in [0.15, 0.2) is 0 Å². The van der Waals surface area contributed by atoms with Gasteiger partial charge in [0.1, 0.15) is 0 Å². The number of carbonyl (C=O) groups excluding carboxylic acids is 1. The molecule has 0 bridgehead atoms. The van der Waals surface area contributed by atoms with Crippen LogP contribution in [0.2, 0.25) is 0 Å². The summed E-state index contributed by atoms with van der Waals surface area (Å²) in [7, 11) is 0. The van der Waals surface area contributed by atoms with Crippen LogP contribution in [-0.4, -0.2) is 58.8 Å². The van der Waals surface area contributed by atoms with Crippen molar-refractivity contribution in [1.82, 2.24) is 0 Å². The highest BCUT2D eigenvalue weighted by Gasteiger charge is 2.26. The van der Waals surface area contributed by atoms with Gasteiger partial charge in [-0.1, -0.05) is 116 Å². The van der Waals surface area contributed by atoms with Crippen molar-refractivity contribution in [1.29, 1.82) is 0 Å². The molecule has 0 aromatic carbocycles. The third-order valence-electron chi connectivity index (χ3n) is 8.30. The number of unbranched alkanes of at least 4 members (excludes halogenated alkanes) is 18. The molecule has 236 valence electrons. The van der Waals surface area contributed by atoms with Gasteiger partial charge < -0.3 is 24.6 Å². The Hall–Kier alpha value is -1.63. The number of carboxylic acid groups (broad SMARTS) is 3. The Labute approximate surface area is 245 Å². The summed E-state index contributed by atoms with van der Waals surface area (Å²) in [6, 6.07) is 0.